The van der Waals surface area contributed by atoms with Crippen LogP contribution in [0.25, 0.3) is 0 Å². The topological polar surface area (TPSA) is 57.2 Å². The van der Waals surface area contributed by atoms with Crippen molar-refractivity contribution >= 4 is 0 Å². The van der Waals surface area contributed by atoms with E-state index in [4.69, 9.17) is 10.5 Å². The molecule has 4 nitrogen and oxygen atoms in total. The van der Waals surface area contributed by atoms with Gasteiger partial charge in [-0.15, -0.1) is 0 Å². The van der Waals surface area contributed by atoms with E-state index >= 15 is 0 Å². The first-order chi connectivity index (χ1) is 10.8. The van der Waals surface area contributed by atoms with Gasteiger partial charge in [-0.1, -0.05) is 38.1 Å². The van der Waals surface area contributed by atoms with E-state index in [0.29, 0.717) is 24.8 Å². The van der Waals surface area contributed by atoms with Crippen LogP contribution in [-0.2, 0) is 13.2 Å². The van der Waals surface area contributed by atoms with Gasteiger partial charge >= 0.3 is 0 Å². The normalized spacial score (nSPS) is 11.7. The third kappa shape index (κ3) is 4.96. The van der Waals surface area contributed by atoms with Crippen LogP contribution in [0.1, 0.15) is 44.7 Å². The Morgan fingerprint density at radius 2 is 1.83 bits per heavy atom. The van der Waals surface area contributed by atoms with Gasteiger partial charge < -0.3 is 15.0 Å². The maximum absolute atomic E-state index is 12.4. The fourth-order valence-corrected chi connectivity index (χ4v) is 2.35. The molecule has 0 saturated heterocycles. The van der Waals surface area contributed by atoms with Crippen molar-refractivity contribution in [2.75, 3.05) is 0 Å². The molecule has 0 amide bonds. The SMILES string of the molecule is CC(C)c1ccc(COc2cccn(CC(C)(C)N)c2=O)cc1. The summed E-state index contributed by atoms with van der Waals surface area (Å²) in [6.45, 7) is 8.94. The smallest absolute Gasteiger partial charge is 0.292 e. The number of aromatic nitrogens is 1. The lowest BCUT2D eigenvalue weighted by atomic mass is 10.0. The molecule has 0 spiro atoms. The predicted octanol–water partition coefficient (Wildman–Crippen LogP) is 3.29. The molecule has 1 aromatic carbocycles. The van der Waals surface area contributed by atoms with Gasteiger partial charge in [-0.25, -0.2) is 0 Å². The minimum absolute atomic E-state index is 0.148. The number of rotatable bonds is 6. The summed E-state index contributed by atoms with van der Waals surface area (Å²) in [6, 6.07) is 11.8. The molecule has 2 rings (SSSR count). The maximum atomic E-state index is 12.4. The summed E-state index contributed by atoms with van der Waals surface area (Å²) in [5.41, 5.74) is 7.73. The Morgan fingerprint density at radius 1 is 1.17 bits per heavy atom. The first kappa shape index (κ1) is 17.3. The quantitative estimate of drug-likeness (QED) is 0.890. The summed E-state index contributed by atoms with van der Waals surface area (Å²) in [4.78, 5) is 12.4. The fourth-order valence-electron chi connectivity index (χ4n) is 2.35. The number of hydrogen-bond donors (Lipinski definition) is 1. The van der Waals surface area contributed by atoms with Crippen LogP contribution >= 0.6 is 0 Å². The molecule has 23 heavy (non-hydrogen) atoms. The van der Waals surface area contributed by atoms with Crippen molar-refractivity contribution in [3.63, 3.8) is 0 Å². The summed E-state index contributed by atoms with van der Waals surface area (Å²) in [7, 11) is 0. The van der Waals surface area contributed by atoms with Gasteiger partial charge in [0, 0.05) is 18.3 Å². The second-order valence-corrected chi connectivity index (χ2v) is 6.98. The van der Waals surface area contributed by atoms with Gasteiger partial charge in [0.25, 0.3) is 5.56 Å². The highest BCUT2D eigenvalue weighted by molar-refractivity contribution is 5.25. The molecular weight excluding hydrogens is 288 g/mol. The number of nitrogens with two attached hydrogens (primary N) is 1. The molecule has 1 aromatic heterocycles. The van der Waals surface area contributed by atoms with Crippen LogP contribution < -0.4 is 16.0 Å². The number of benzene rings is 1. The first-order valence-corrected chi connectivity index (χ1v) is 7.96. The maximum Gasteiger partial charge on any atom is 0.292 e. The van der Waals surface area contributed by atoms with E-state index in [2.05, 4.69) is 26.0 Å². The van der Waals surface area contributed by atoms with Crippen molar-refractivity contribution in [1.29, 1.82) is 0 Å². The Kier molecular flexibility index (Phi) is 5.26. The highest BCUT2D eigenvalue weighted by atomic mass is 16.5. The van der Waals surface area contributed by atoms with Crippen LogP contribution in [0, 0.1) is 0 Å². The lowest BCUT2D eigenvalue weighted by Crippen LogP contribution is -2.40. The van der Waals surface area contributed by atoms with Crippen LogP contribution in [0.15, 0.2) is 47.4 Å². The van der Waals surface area contributed by atoms with Crippen molar-refractivity contribution < 1.29 is 4.74 Å². The molecule has 0 atom stereocenters. The monoisotopic (exact) mass is 314 g/mol. The van der Waals surface area contributed by atoms with E-state index in [1.807, 2.05) is 32.0 Å². The van der Waals surface area contributed by atoms with Crippen LogP contribution in [0.4, 0.5) is 0 Å². The first-order valence-electron chi connectivity index (χ1n) is 7.96. The number of hydrogen-bond acceptors (Lipinski definition) is 3. The third-order valence-electron chi connectivity index (χ3n) is 3.60. The zero-order valence-electron chi connectivity index (χ0n) is 14.4. The molecule has 0 radical (unpaired) electrons. The Balaban J connectivity index is 2.09. The molecule has 0 bridgehead atoms. The van der Waals surface area contributed by atoms with Crippen molar-refractivity contribution in [3.8, 4) is 5.75 Å². The van der Waals surface area contributed by atoms with Crippen molar-refractivity contribution in [2.45, 2.75) is 52.3 Å². The van der Waals surface area contributed by atoms with E-state index in [1.165, 1.54) is 5.56 Å². The second-order valence-electron chi connectivity index (χ2n) is 6.98. The second kappa shape index (κ2) is 7.01. The van der Waals surface area contributed by atoms with Gasteiger partial charge in [0.2, 0.25) is 0 Å². The highest BCUT2D eigenvalue weighted by Crippen LogP contribution is 2.15. The van der Waals surface area contributed by atoms with Gasteiger partial charge in [-0.2, -0.15) is 0 Å². The van der Waals surface area contributed by atoms with Crippen molar-refractivity contribution in [3.05, 3.63) is 64.1 Å². The molecule has 2 N–H and O–H groups in total. The molecule has 0 aliphatic carbocycles. The summed E-state index contributed by atoms with van der Waals surface area (Å²) in [5.74, 6) is 0.857. The summed E-state index contributed by atoms with van der Waals surface area (Å²) in [5, 5.41) is 0. The molecule has 124 valence electrons. The summed E-state index contributed by atoms with van der Waals surface area (Å²) in [6.07, 6.45) is 1.74. The lowest BCUT2D eigenvalue weighted by Gasteiger charge is -2.20. The molecule has 0 unspecified atom stereocenters. The summed E-state index contributed by atoms with van der Waals surface area (Å²) >= 11 is 0. The van der Waals surface area contributed by atoms with Crippen LogP contribution in [0.2, 0.25) is 0 Å². The van der Waals surface area contributed by atoms with E-state index in [0.717, 1.165) is 5.56 Å². The minimum atomic E-state index is -0.449. The van der Waals surface area contributed by atoms with Gasteiger partial charge in [-0.05, 0) is 43.0 Å². The molecule has 1 heterocycles. The van der Waals surface area contributed by atoms with Gasteiger partial charge in [0.1, 0.15) is 6.61 Å². The van der Waals surface area contributed by atoms with Crippen LogP contribution in [0.3, 0.4) is 0 Å². The average Bonchev–Trinajstić information content (AvgIpc) is 2.47. The zero-order valence-corrected chi connectivity index (χ0v) is 14.4. The minimum Gasteiger partial charge on any atom is -0.483 e. The molecule has 0 fully saturated rings. The summed E-state index contributed by atoms with van der Waals surface area (Å²) < 4.78 is 7.30. The molecule has 0 saturated carbocycles. The average molecular weight is 314 g/mol. The molecule has 2 aromatic rings. The lowest BCUT2D eigenvalue weighted by molar-refractivity contribution is 0.296. The Labute approximate surface area is 137 Å². The zero-order chi connectivity index (χ0) is 17.0. The predicted molar refractivity (Wildman–Crippen MR) is 93.8 cm³/mol. The number of ether oxygens (including phenoxy) is 1. The number of nitrogens with zero attached hydrogens (tertiary/aromatic N) is 1. The van der Waals surface area contributed by atoms with Gasteiger partial charge in [0.15, 0.2) is 5.75 Å². The van der Waals surface area contributed by atoms with E-state index in [9.17, 15) is 4.79 Å². The van der Waals surface area contributed by atoms with Crippen LogP contribution in [-0.4, -0.2) is 10.1 Å². The number of pyridine rings is 1. The van der Waals surface area contributed by atoms with Crippen molar-refractivity contribution in [1.82, 2.24) is 4.57 Å². The van der Waals surface area contributed by atoms with E-state index in [-0.39, 0.29) is 5.56 Å². The highest BCUT2D eigenvalue weighted by Gasteiger charge is 2.14. The Morgan fingerprint density at radius 3 is 2.39 bits per heavy atom. The largest absolute Gasteiger partial charge is 0.483 e. The molecular formula is C19H26N2O2. The molecule has 0 aliphatic rings. The standard InChI is InChI=1S/C19H26N2O2/c1-14(2)16-9-7-15(8-10-16)12-23-17-6-5-11-21(18(17)22)13-19(3,4)20/h5-11,14H,12-13,20H2,1-4H3. The van der Waals surface area contributed by atoms with E-state index in [1.54, 1.807) is 16.8 Å². The molecule has 4 heteroatoms. The third-order valence-corrected chi connectivity index (χ3v) is 3.60. The van der Waals surface area contributed by atoms with Gasteiger partial charge in [-0.3, -0.25) is 4.79 Å². The van der Waals surface area contributed by atoms with Gasteiger partial charge in [0.05, 0.1) is 0 Å². The Hall–Kier alpha value is -2.07. The van der Waals surface area contributed by atoms with Crippen LogP contribution in [0.5, 0.6) is 5.75 Å². The molecule has 0 aliphatic heterocycles. The van der Waals surface area contributed by atoms with E-state index < -0.39 is 5.54 Å². The Bertz CT molecular complexity index is 695. The van der Waals surface area contributed by atoms with Crippen molar-refractivity contribution in [2.24, 2.45) is 5.73 Å². The fraction of sp³-hybridized carbons (Fsp3) is 0.421.